The summed E-state index contributed by atoms with van der Waals surface area (Å²) in [5.74, 6) is 0.791. The molecule has 3 aromatic rings. The van der Waals surface area contributed by atoms with Gasteiger partial charge in [0.1, 0.15) is 5.69 Å². The lowest BCUT2D eigenvalue weighted by atomic mass is 9.93. The van der Waals surface area contributed by atoms with Crippen LogP contribution in [0.3, 0.4) is 0 Å². The zero-order chi connectivity index (χ0) is 19.1. The van der Waals surface area contributed by atoms with Gasteiger partial charge in [0.05, 0.1) is 17.3 Å². The van der Waals surface area contributed by atoms with Crippen LogP contribution in [0.4, 0.5) is 0 Å². The Kier molecular flexibility index (Phi) is 3.97. The van der Waals surface area contributed by atoms with Crippen LogP contribution in [0.1, 0.15) is 23.2 Å². The molecular weight excluding hydrogens is 354 g/mol. The van der Waals surface area contributed by atoms with E-state index < -0.39 is 0 Å². The van der Waals surface area contributed by atoms with Crippen LogP contribution >= 0.6 is 0 Å². The molecule has 2 aliphatic rings. The standard InChI is InChI=1S/C22H19N3O3/c26-21(16-11-13-7-8-14(16)10-13)24-25-22(27)17-12-19(20-6-3-9-28-20)23-18-5-2-1-4-15(17)18/h1-9,12-14,16H,10-11H2,(H,24,26)(H,25,27)/t13-,14-,16-/m0/s1. The molecule has 28 heavy (non-hydrogen) atoms. The highest BCUT2D eigenvalue weighted by atomic mass is 16.3. The minimum Gasteiger partial charge on any atom is -0.463 e. The molecule has 6 nitrogen and oxygen atoms in total. The highest BCUT2D eigenvalue weighted by Crippen LogP contribution is 2.43. The van der Waals surface area contributed by atoms with Crippen LogP contribution in [0.25, 0.3) is 22.4 Å². The van der Waals surface area contributed by atoms with Gasteiger partial charge in [-0.2, -0.15) is 0 Å². The van der Waals surface area contributed by atoms with E-state index in [0.29, 0.717) is 33.8 Å². The van der Waals surface area contributed by atoms with Crippen molar-refractivity contribution in [2.24, 2.45) is 17.8 Å². The monoisotopic (exact) mass is 373 g/mol. The number of aromatic nitrogens is 1. The molecule has 1 saturated carbocycles. The summed E-state index contributed by atoms with van der Waals surface area (Å²) in [6, 6.07) is 12.7. The number of pyridine rings is 1. The van der Waals surface area contributed by atoms with Gasteiger partial charge in [-0.15, -0.1) is 0 Å². The quantitative estimate of drug-likeness (QED) is 0.544. The first-order valence-corrected chi connectivity index (χ1v) is 9.41. The molecule has 140 valence electrons. The Balaban J connectivity index is 1.39. The van der Waals surface area contributed by atoms with Gasteiger partial charge in [0, 0.05) is 11.3 Å². The lowest BCUT2D eigenvalue weighted by molar-refractivity contribution is -0.126. The maximum atomic E-state index is 12.9. The summed E-state index contributed by atoms with van der Waals surface area (Å²) in [6.07, 6.45) is 7.76. The van der Waals surface area contributed by atoms with Crippen LogP contribution in [0, 0.1) is 17.8 Å². The topological polar surface area (TPSA) is 84.2 Å². The fourth-order valence-electron chi connectivity index (χ4n) is 4.27. The Labute approximate surface area is 161 Å². The first-order valence-electron chi connectivity index (χ1n) is 9.41. The average Bonchev–Trinajstić information content (AvgIpc) is 3.49. The summed E-state index contributed by atoms with van der Waals surface area (Å²) >= 11 is 0. The highest BCUT2D eigenvalue weighted by molar-refractivity contribution is 6.07. The van der Waals surface area contributed by atoms with Gasteiger partial charge in [0.25, 0.3) is 5.91 Å². The van der Waals surface area contributed by atoms with Crippen molar-refractivity contribution in [1.29, 1.82) is 0 Å². The Morgan fingerprint density at radius 3 is 2.68 bits per heavy atom. The molecule has 1 fully saturated rings. The molecule has 2 heterocycles. The van der Waals surface area contributed by atoms with Gasteiger partial charge in [0.15, 0.2) is 5.76 Å². The van der Waals surface area contributed by atoms with Gasteiger partial charge in [0.2, 0.25) is 5.91 Å². The van der Waals surface area contributed by atoms with E-state index in [1.807, 2.05) is 24.3 Å². The molecule has 2 N–H and O–H groups in total. The van der Waals surface area contributed by atoms with Crippen LogP contribution in [-0.2, 0) is 4.79 Å². The van der Waals surface area contributed by atoms with Crippen molar-refractivity contribution in [2.45, 2.75) is 12.8 Å². The summed E-state index contributed by atoms with van der Waals surface area (Å²) in [5, 5.41) is 0.715. The van der Waals surface area contributed by atoms with Gasteiger partial charge < -0.3 is 4.42 Å². The zero-order valence-electron chi connectivity index (χ0n) is 15.1. The predicted octanol–water partition coefficient (Wildman–Crippen LogP) is 3.47. The molecule has 2 aliphatic carbocycles. The van der Waals surface area contributed by atoms with Crippen LogP contribution in [0.5, 0.6) is 0 Å². The molecule has 0 spiro atoms. The number of hydrogen-bond donors (Lipinski definition) is 2. The van der Waals surface area contributed by atoms with E-state index in [1.54, 1.807) is 24.5 Å². The van der Waals surface area contributed by atoms with Crippen molar-refractivity contribution in [1.82, 2.24) is 15.8 Å². The Morgan fingerprint density at radius 1 is 1.04 bits per heavy atom. The molecule has 0 aliphatic heterocycles. The second-order valence-corrected chi connectivity index (χ2v) is 7.38. The molecule has 2 amide bonds. The molecule has 0 radical (unpaired) electrons. The fraction of sp³-hybridized carbons (Fsp3) is 0.227. The summed E-state index contributed by atoms with van der Waals surface area (Å²) < 4.78 is 5.43. The number of fused-ring (bicyclic) bond motifs is 3. The van der Waals surface area contributed by atoms with Crippen molar-refractivity contribution >= 4 is 22.7 Å². The largest absolute Gasteiger partial charge is 0.463 e. The molecule has 0 saturated heterocycles. The number of carbonyl (C=O) groups excluding carboxylic acids is 2. The SMILES string of the molecule is O=C(NNC(=O)[C@H]1C[C@H]2C=C[C@H]1C2)c1cc(-c2ccco2)nc2ccccc12. The predicted molar refractivity (Wildman–Crippen MR) is 104 cm³/mol. The third-order valence-electron chi connectivity index (χ3n) is 5.65. The van der Waals surface area contributed by atoms with Gasteiger partial charge in [-0.1, -0.05) is 30.4 Å². The second-order valence-electron chi connectivity index (χ2n) is 7.38. The van der Waals surface area contributed by atoms with E-state index in [-0.39, 0.29) is 23.7 Å². The maximum absolute atomic E-state index is 12.9. The molecule has 1 aromatic carbocycles. The molecule has 0 unspecified atom stereocenters. The van der Waals surface area contributed by atoms with Gasteiger partial charge in [-0.3, -0.25) is 20.4 Å². The number of allylic oxidation sites excluding steroid dienone is 2. The first kappa shape index (κ1) is 16.7. The molecule has 6 heteroatoms. The number of hydrazine groups is 1. The van der Waals surface area contributed by atoms with Crippen molar-refractivity contribution < 1.29 is 14.0 Å². The van der Waals surface area contributed by atoms with E-state index >= 15 is 0 Å². The number of rotatable bonds is 3. The van der Waals surface area contributed by atoms with Crippen LogP contribution < -0.4 is 10.9 Å². The number of amides is 2. The van der Waals surface area contributed by atoms with Crippen molar-refractivity contribution in [3.05, 3.63) is 66.4 Å². The van der Waals surface area contributed by atoms with E-state index in [1.165, 1.54) is 0 Å². The van der Waals surface area contributed by atoms with Crippen LogP contribution in [-0.4, -0.2) is 16.8 Å². The smallest absolute Gasteiger partial charge is 0.270 e. The van der Waals surface area contributed by atoms with Crippen LogP contribution in [0.15, 0.2) is 65.3 Å². The molecule has 5 rings (SSSR count). The molecule has 3 atom stereocenters. The minimum absolute atomic E-state index is 0.0665. The van der Waals surface area contributed by atoms with Crippen LogP contribution in [0.2, 0.25) is 0 Å². The number of benzene rings is 1. The average molecular weight is 373 g/mol. The number of para-hydroxylation sites is 1. The number of furan rings is 1. The van der Waals surface area contributed by atoms with Crippen molar-refractivity contribution in [3.8, 4) is 11.5 Å². The van der Waals surface area contributed by atoms with E-state index in [0.717, 1.165) is 12.8 Å². The van der Waals surface area contributed by atoms with Gasteiger partial charge >= 0.3 is 0 Å². The highest BCUT2D eigenvalue weighted by Gasteiger charge is 2.39. The lowest BCUT2D eigenvalue weighted by Crippen LogP contribution is -2.45. The fourth-order valence-corrected chi connectivity index (χ4v) is 4.27. The summed E-state index contributed by atoms with van der Waals surface area (Å²) in [7, 11) is 0. The zero-order valence-corrected chi connectivity index (χ0v) is 15.1. The number of carbonyl (C=O) groups is 2. The Bertz CT molecular complexity index is 1090. The van der Waals surface area contributed by atoms with Crippen molar-refractivity contribution in [2.75, 3.05) is 0 Å². The Morgan fingerprint density at radius 2 is 1.93 bits per heavy atom. The second kappa shape index (κ2) is 6.64. The summed E-state index contributed by atoms with van der Waals surface area (Å²) in [6.45, 7) is 0. The van der Waals surface area contributed by atoms with Crippen molar-refractivity contribution in [3.63, 3.8) is 0 Å². The summed E-state index contributed by atoms with van der Waals surface area (Å²) in [4.78, 5) is 29.9. The van der Waals surface area contributed by atoms with E-state index in [9.17, 15) is 9.59 Å². The third-order valence-corrected chi connectivity index (χ3v) is 5.65. The number of nitrogens with one attached hydrogen (secondary N) is 2. The normalized spacial score (nSPS) is 22.5. The molecule has 2 bridgehead atoms. The van der Waals surface area contributed by atoms with Gasteiger partial charge in [-0.25, -0.2) is 4.98 Å². The maximum Gasteiger partial charge on any atom is 0.270 e. The number of nitrogens with zero attached hydrogens (tertiary/aromatic N) is 1. The summed E-state index contributed by atoms with van der Waals surface area (Å²) in [5.41, 5.74) is 6.88. The lowest BCUT2D eigenvalue weighted by Gasteiger charge is -2.18. The minimum atomic E-state index is -0.376. The Hall–Kier alpha value is -3.41. The molecule has 2 aromatic heterocycles. The van der Waals surface area contributed by atoms with Gasteiger partial charge in [-0.05, 0) is 48.9 Å². The van der Waals surface area contributed by atoms with E-state index in [2.05, 4.69) is 28.0 Å². The van der Waals surface area contributed by atoms with E-state index in [4.69, 9.17) is 4.42 Å². The molecular formula is C22H19N3O3. The third kappa shape index (κ3) is 2.87. The number of hydrogen-bond acceptors (Lipinski definition) is 4. The first-order chi connectivity index (χ1) is 13.7.